The maximum Gasteiger partial charge on any atom is 0.0696 e. The summed E-state index contributed by atoms with van der Waals surface area (Å²) in [4.78, 5) is 2.23. The van der Waals surface area contributed by atoms with Crippen LogP contribution in [0.15, 0.2) is 266 Å². The van der Waals surface area contributed by atoms with Crippen LogP contribution in [0, 0.1) is 0 Å². The molecular weight excluding hydrogens is 801 g/mol. The fourth-order valence-electron chi connectivity index (χ4n) is 7.62. The zero-order valence-corrected chi connectivity index (χ0v) is 41.5. The highest BCUT2D eigenvalue weighted by atomic mass is 15.1. The standard InChI is InChI=1S/C39H37N.C11H15N.C8H12.2C2H6.H4N2/c1-5-7-10-24-35(6-2)40-28-16-15-18-30(3)36-27-26-32-19-17-25-37(32)39(31(4)29-38(36)40,33-20-11-8-12-21-33)34-22-13-9-14-23-34;1-2-3-4-5-10-6-8-11(12)9-7-10;1-4-6-8(3)7-5-2;3*1-2/h5-9,11-18,20-25,27-29H,2-4,10,19,26H2,1H3;2-3,6-9H,4-5,12H2,1H3;4-7H,1H2,2-3H3;2*1-2H3;1-2H2/b7-5?,18-15-,28-16-,35-24+,36-27-,38-29+;3-2-;7-5-,8-6-;;;. The molecule has 0 spiro atoms. The average molecular weight is 881 g/mol. The first-order valence-electron chi connectivity index (χ1n) is 23.3. The minimum absolute atomic E-state index is 0.543. The van der Waals surface area contributed by atoms with Crippen LogP contribution in [-0.2, 0) is 11.8 Å². The van der Waals surface area contributed by atoms with E-state index < -0.39 is 5.41 Å². The van der Waals surface area contributed by atoms with Crippen LogP contribution in [0.5, 0.6) is 0 Å². The van der Waals surface area contributed by atoms with Gasteiger partial charge in [0.2, 0.25) is 0 Å². The summed E-state index contributed by atoms with van der Waals surface area (Å²) in [6, 6.07) is 29.7. The quantitative estimate of drug-likeness (QED) is 0.0589. The van der Waals surface area contributed by atoms with Gasteiger partial charge in [-0.05, 0) is 124 Å². The summed E-state index contributed by atoms with van der Waals surface area (Å²) >= 11 is 0. The van der Waals surface area contributed by atoms with Crippen molar-refractivity contribution < 1.29 is 0 Å². The molecule has 1 heterocycles. The Hall–Kier alpha value is -6.72. The van der Waals surface area contributed by atoms with Gasteiger partial charge in [-0.1, -0.05) is 223 Å². The average Bonchev–Trinajstić information content (AvgIpc) is 3.84. The molecule has 6 rings (SSSR count). The van der Waals surface area contributed by atoms with E-state index in [0.29, 0.717) is 0 Å². The van der Waals surface area contributed by atoms with Gasteiger partial charge < -0.3 is 10.6 Å². The third-order valence-corrected chi connectivity index (χ3v) is 10.5. The van der Waals surface area contributed by atoms with Crippen LogP contribution in [-0.4, -0.2) is 4.90 Å². The SMILES string of the molecule is C/C=C\CCc1ccc(N)cc1.C=C/C(=C\CC=CC)N1/C=C\C=C/C(=C)C2=C/CC3=C(C=CC3)C(c3ccccc3)(c3ccccc3)C(=C)/C=C\21.C=C/C=C(C)\C=C/C.CC.CC.NN. The molecule has 0 unspecified atom stereocenters. The molecule has 0 atom stereocenters. The molecule has 0 bridgehead atoms. The Balaban J connectivity index is 0.000000687. The Morgan fingerprint density at radius 1 is 0.758 bits per heavy atom. The zero-order chi connectivity index (χ0) is 49.2. The van der Waals surface area contributed by atoms with E-state index in [0.717, 1.165) is 65.9 Å². The van der Waals surface area contributed by atoms with Gasteiger partial charge in [0.25, 0.3) is 0 Å². The molecule has 4 nitrogen and oxygen atoms in total. The molecule has 0 radical (unpaired) electrons. The number of anilines is 1. The second-order valence-corrected chi connectivity index (χ2v) is 14.7. The first-order chi connectivity index (χ1) is 32.2. The van der Waals surface area contributed by atoms with E-state index in [1.165, 1.54) is 33.4 Å². The third kappa shape index (κ3) is 17.0. The molecule has 1 aliphatic heterocycles. The van der Waals surface area contributed by atoms with Crippen LogP contribution in [0.4, 0.5) is 5.69 Å². The highest BCUT2D eigenvalue weighted by molar-refractivity contribution is 5.68. The van der Waals surface area contributed by atoms with Crippen LogP contribution in [0.1, 0.15) is 97.8 Å². The van der Waals surface area contributed by atoms with Gasteiger partial charge >= 0.3 is 0 Å². The van der Waals surface area contributed by atoms with Gasteiger partial charge in [-0.3, -0.25) is 11.7 Å². The summed E-state index contributed by atoms with van der Waals surface area (Å²) in [5.74, 6) is 8.00. The van der Waals surface area contributed by atoms with Gasteiger partial charge in [-0.2, -0.15) is 0 Å². The Kier molecular flexibility index (Phi) is 29.3. The highest BCUT2D eigenvalue weighted by Gasteiger charge is 2.42. The Morgan fingerprint density at radius 2 is 1.36 bits per heavy atom. The van der Waals surface area contributed by atoms with Gasteiger partial charge in [0.05, 0.1) is 11.1 Å². The third-order valence-electron chi connectivity index (χ3n) is 10.5. The number of aryl methyl sites for hydroxylation is 1. The van der Waals surface area contributed by atoms with Crippen molar-refractivity contribution in [3.63, 3.8) is 0 Å². The zero-order valence-electron chi connectivity index (χ0n) is 41.5. The molecule has 3 aliphatic rings. The van der Waals surface area contributed by atoms with E-state index in [9.17, 15) is 0 Å². The van der Waals surface area contributed by atoms with Crippen molar-refractivity contribution in [2.45, 2.75) is 92.9 Å². The minimum Gasteiger partial charge on any atom is -0.399 e. The van der Waals surface area contributed by atoms with Crippen molar-refractivity contribution in [1.82, 2.24) is 4.90 Å². The lowest BCUT2D eigenvalue weighted by molar-refractivity contribution is 0.598. The predicted octanol–water partition coefficient (Wildman–Crippen LogP) is 16.3. The van der Waals surface area contributed by atoms with E-state index in [4.69, 9.17) is 12.3 Å². The van der Waals surface area contributed by atoms with Crippen LogP contribution in [0.2, 0.25) is 0 Å². The predicted molar refractivity (Wildman–Crippen MR) is 295 cm³/mol. The van der Waals surface area contributed by atoms with Crippen molar-refractivity contribution in [2.24, 2.45) is 11.7 Å². The maximum absolute atomic E-state index is 5.57. The number of hydrogen-bond acceptors (Lipinski definition) is 4. The second-order valence-electron chi connectivity index (χ2n) is 14.7. The van der Waals surface area contributed by atoms with Crippen molar-refractivity contribution >= 4 is 5.69 Å². The van der Waals surface area contributed by atoms with Crippen molar-refractivity contribution in [1.29, 1.82) is 0 Å². The smallest absolute Gasteiger partial charge is 0.0696 e. The van der Waals surface area contributed by atoms with Crippen LogP contribution < -0.4 is 17.4 Å². The number of nitrogens with zero attached hydrogens (tertiary/aromatic N) is 1. The molecule has 348 valence electrons. The highest BCUT2D eigenvalue weighted by Crippen LogP contribution is 2.51. The van der Waals surface area contributed by atoms with E-state index in [-0.39, 0.29) is 0 Å². The number of hydrogen-bond donors (Lipinski definition) is 3. The van der Waals surface area contributed by atoms with Gasteiger partial charge in [0, 0.05) is 23.2 Å². The number of fused-ring (bicyclic) bond motifs is 1. The number of allylic oxidation sites excluding steroid dienone is 22. The fraction of sp³-hybridized carbons (Fsp3) is 0.226. The van der Waals surface area contributed by atoms with Crippen LogP contribution in [0.25, 0.3) is 0 Å². The first kappa shape index (κ1) is 57.3. The molecule has 66 heavy (non-hydrogen) atoms. The normalized spacial score (nSPS) is 17.7. The fourth-order valence-corrected chi connectivity index (χ4v) is 7.62. The van der Waals surface area contributed by atoms with Gasteiger partial charge in [-0.15, -0.1) is 0 Å². The molecule has 0 saturated carbocycles. The van der Waals surface area contributed by atoms with Crippen LogP contribution >= 0.6 is 0 Å². The lowest BCUT2D eigenvalue weighted by Crippen LogP contribution is -2.32. The lowest BCUT2D eigenvalue weighted by Gasteiger charge is -2.39. The van der Waals surface area contributed by atoms with Crippen molar-refractivity contribution in [3.8, 4) is 0 Å². The Bertz CT molecular complexity index is 2240. The molecule has 3 aromatic carbocycles. The summed E-state index contributed by atoms with van der Waals surface area (Å²) in [7, 11) is 0. The number of rotatable bonds is 11. The largest absolute Gasteiger partial charge is 0.399 e. The maximum atomic E-state index is 5.57. The molecule has 6 N–H and O–H groups in total. The molecule has 0 fully saturated rings. The summed E-state index contributed by atoms with van der Waals surface area (Å²) in [5, 5.41) is 0. The summed E-state index contributed by atoms with van der Waals surface area (Å²) in [6.07, 6.45) is 42.8. The number of hydrazine groups is 1. The lowest BCUT2D eigenvalue weighted by atomic mass is 9.63. The molecule has 0 aromatic heterocycles. The molecule has 3 aromatic rings. The molecule has 0 amide bonds. The first-order valence-corrected chi connectivity index (χ1v) is 23.3. The van der Waals surface area contributed by atoms with Gasteiger partial charge in [0.1, 0.15) is 0 Å². The van der Waals surface area contributed by atoms with Crippen molar-refractivity contribution in [3.05, 3.63) is 282 Å². The van der Waals surface area contributed by atoms with E-state index >= 15 is 0 Å². The molecule has 2 aliphatic carbocycles. The summed E-state index contributed by atoms with van der Waals surface area (Å²) in [5.41, 5.74) is 18.8. The molecular formula is C62H80N4. The molecule has 4 heteroatoms. The number of nitrogens with two attached hydrogens (primary N) is 3. The number of nitrogen functional groups attached to an aromatic ring is 1. The summed E-state index contributed by atoms with van der Waals surface area (Å²) < 4.78 is 0. The molecule has 0 saturated heterocycles. The van der Waals surface area contributed by atoms with Gasteiger partial charge in [-0.25, -0.2) is 0 Å². The number of benzene rings is 3. The minimum atomic E-state index is -0.543. The van der Waals surface area contributed by atoms with E-state index in [1.807, 2.05) is 91.8 Å². The monoisotopic (exact) mass is 881 g/mol. The second kappa shape index (κ2) is 33.7. The van der Waals surface area contributed by atoms with Crippen LogP contribution in [0.3, 0.4) is 0 Å². The Morgan fingerprint density at radius 3 is 1.91 bits per heavy atom. The van der Waals surface area contributed by atoms with Gasteiger partial charge in [0.15, 0.2) is 0 Å². The Labute approximate surface area is 401 Å². The summed E-state index contributed by atoms with van der Waals surface area (Å²) in [6.45, 7) is 33.2. The van der Waals surface area contributed by atoms with Crippen molar-refractivity contribution in [2.75, 3.05) is 5.73 Å². The topological polar surface area (TPSA) is 81.3 Å². The van der Waals surface area contributed by atoms with E-state index in [1.54, 1.807) is 6.08 Å². The van der Waals surface area contributed by atoms with E-state index in [2.05, 4.69) is 188 Å².